The smallest absolute Gasteiger partial charge is 0.123 e. The molecule has 0 amide bonds. The Morgan fingerprint density at radius 2 is 1.75 bits per heavy atom. The molecule has 20 heavy (non-hydrogen) atoms. The van der Waals surface area contributed by atoms with Gasteiger partial charge in [0.2, 0.25) is 0 Å². The fourth-order valence-corrected chi connectivity index (χ4v) is 2.68. The van der Waals surface area contributed by atoms with Gasteiger partial charge < -0.3 is 10.5 Å². The molecule has 0 heterocycles. The number of halogens is 1. The quantitative estimate of drug-likeness (QED) is 0.817. The second-order valence-corrected chi connectivity index (χ2v) is 5.47. The number of hydrogen-bond acceptors (Lipinski definition) is 3. The molecule has 2 rings (SSSR count). The molecule has 106 valence electrons. The van der Waals surface area contributed by atoms with E-state index >= 15 is 0 Å². The Hall–Kier alpha value is -1.52. The van der Waals surface area contributed by atoms with Crippen LogP contribution in [0.1, 0.15) is 18.5 Å². The van der Waals surface area contributed by atoms with E-state index in [0.29, 0.717) is 6.61 Å². The summed E-state index contributed by atoms with van der Waals surface area (Å²) < 4.78 is 18.2. The van der Waals surface area contributed by atoms with Crippen molar-refractivity contribution in [2.45, 2.75) is 17.9 Å². The molecule has 2 N–H and O–H groups in total. The lowest BCUT2D eigenvalue weighted by Crippen LogP contribution is -2.12. The normalized spacial score (nSPS) is 12.2. The zero-order valence-corrected chi connectivity index (χ0v) is 12.2. The van der Waals surface area contributed by atoms with Crippen molar-refractivity contribution < 1.29 is 9.13 Å². The van der Waals surface area contributed by atoms with Crippen LogP contribution in [-0.2, 0) is 0 Å². The lowest BCUT2D eigenvalue weighted by Gasteiger charge is -2.12. The Bertz CT molecular complexity index is 527. The van der Waals surface area contributed by atoms with E-state index in [9.17, 15) is 4.39 Å². The van der Waals surface area contributed by atoms with Crippen molar-refractivity contribution in [3.05, 3.63) is 59.9 Å². The van der Waals surface area contributed by atoms with Crippen LogP contribution in [0.3, 0.4) is 0 Å². The Morgan fingerprint density at radius 1 is 1.10 bits per heavy atom. The van der Waals surface area contributed by atoms with Gasteiger partial charge >= 0.3 is 0 Å². The molecule has 2 aromatic carbocycles. The first-order valence-electron chi connectivity index (χ1n) is 6.55. The molecule has 0 aliphatic rings. The fraction of sp³-hybridized carbons (Fsp3) is 0.250. The van der Waals surface area contributed by atoms with Gasteiger partial charge in [-0.05, 0) is 48.9 Å². The average Bonchev–Trinajstić information content (AvgIpc) is 2.47. The standard InChI is InChI=1S/C16H18FNOS/c1-2-19-14-7-3-12(4-8-14)16(18)11-20-15-9-5-13(17)6-10-15/h3-10,16H,2,11,18H2,1H3. The first-order valence-corrected chi connectivity index (χ1v) is 7.54. The van der Waals surface area contributed by atoms with E-state index < -0.39 is 0 Å². The lowest BCUT2D eigenvalue weighted by molar-refractivity contribution is 0.340. The van der Waals surface area contributed by atoms with Gasteiger partial charge in [0.1, 0.15) is 11.6 Å². The van der Waals surface area contributed by atoms with Crippen molar-refractivity contribution in [2.75, 3.05) is 12.4 Å². The highest BCUT2D eigenvalue weighted by Crippen LogP contribution is 2.24. The second kappa shape index (κ2) is 7.31. The first-order chi connectivity index (χ1) is 9.69. The van der Waals surface area contributed by atoms with Gasteiger partial charge in [0, 0.05) is 16.7 Å². The third-order valence-electron chi connectivity index (χ3n) is 2.86. The molecule has 0 bridgehead atoms. The van der Waals surface area contributed by atoms with E-state index in [4.69, 9.17) is 10.5 Å². The third kappa shape index (κ3) is 4.25. The van der Waals surface area contributed by atoms with Crippen molar-refractivity contribution in [2.24, 2.45) is 5.73 Å². The van der Waals surface area contributed by atoms with Crippen molar-refractivity contribution >= 4 is 11.8 Å². The minimum absolute atomic E-state index is 0.0549. The maximum atomic E-state index is 12.8. The summed E-state index contributed by atoms with van der Waals surface area (Å²) in [6, 6.07) is 14.2. The van der Waals surface area contributed by atoms with Crippen molar-refractivity contribution in [3.63, 3.8) is 0 Å². The summed E-state index contributed by atoms with van der Waals surface area (Å²) in [5.74, 6) is 1.39. The maximum absolute atomic E-state index is 12.8. The van der Waals surface area contributed by atoms with Crippen LogP contribution in [0.15, 0.2) is 53.4 Å². The zero-order valence-electron chi connectivity index (χ0n) is 11.4. The van der Waals surface area contributed by atoms with E-state index in [0.717, 1.165) is 22.0 Å². The second-order valence-electron chi connectivity index (χ2n) is 4.37. The molecule has 2 aromatic rings. The number of benzene rings is 2. The number of hydrogen-bond donors (Lipinski definition) is 1. The maximum Gasteiger partial charge on any atom is 0.123 e. The molecule has 4 heteroatoms. The largest absolute Gasteiger partial charge is 0.494 e. The average molecular weight is 291 g/mol. The summed E-state index contributed by atoms with van der Waals surface area (Å²) in [4.78, 5) is 1.02. The van der Waals surface area contributed by atoms with Gasteiger partial charge in [0.25, 0.3) is 0 Å². The zero-order chi connectivity index (χ0) is 14.4. The highest BCUT2D eigenvalue weighted by molar-refractivity contribution is 7.99. The molecular formula is C16H18FNOS. The summed E-state index contributed by atoms with van der Waals surface area (Å²) in [6.07, 6.45) is 0. The number of ether oxygens (including phenoxy) is 1. The predicted octanol–water partition coefficient (Wildman–Crippen LogP) is 4.02. The SMILES string of the molecule is CCOc1ccc(C(N)CSc2ccc(F)cc2)cc1. The van der Waals surface area contributed by atoms with Crippen molar-refractivity contribution in [1.29, 1.82) is 0 Å². The van der Waals surface area contributed by atoms with E-state index in [-0.39, 0.29) is 11.9 Å². The number of nitrogens with two attached hydrogens (primary N) is 1. The van der Waals surface area contributed by atoms with E-state index in [1.165, 1.54) is 12.1 Å². The summed E-state index contributed by atoms with van der Waals surface area (Å²) in [5, 5.41) is 0. The van der Waals surface area contributed by atoms with Crippen LogP contribution in [-0.4, -0.2) is 12.4 Å². The molecule has 0 saturated carbocycles. The lowest BCUT2D eigenvalue weighted by atomic mass is 10.1. The van der Waals surface area contributed by atoms with Crippen LogP contribution >= 0.6 is 11.8 Å². The molecule has 1 unspecified atom stereocenters. The van der Waals surface area contributed by atoms with Gasteiger partial charge in [0.15, 0.2) is 0 Å². The molecule has 0 saturated heterocycles. The molecule has 0 radical (unpaired) electrons. The fourth-order valence-electron chi connectivity index (χ4n) is 1.79. The topological polar surface area (TPSA) is 35.2 Å². The van der Waals surface area contributed by atoms with Gasteiger partial charge in [-0.3, -0.25) is 0 Å². The van der Waals surface area contributed by atoms with Gasteiger partial charge in [-0.2, -0.15) is 0 Å². The molecule has 0 spiro atoms. The van der Waals surface area contributed by atoms with Gasteiger partial charge in [-0.15, -0.1) is 11.8 Å². The molecule has 0 aromatic heterocycles. The molecule has 0 fully saturated rings. The van der Waals surface area contributed by atoms with Crippen molar-refractivity contribution in [3.8, 4) is 5.75 Å². The minimum atomic E-state index is -0.217. The third-order valence-corrected chi connectivity index (χ3v) is 3.99. The van der Waals surface area contributed by atoms with Crippen LogP contribution in [0, 0.1) is 5.82 Å². The summed E-state index contributed by atoms with van der Waals surface area (Å²) in [6.45, 7) is 2.62. The van der Waals surface area contributed by atoms with E-state index in [1.807, 2.05) is 31.2 Å². The number of thioether (sulfide) groups is 1. The summed E-state index contributed by atoms with van der Waals surface area (Å²) >= 11 is 1.62. The highest BCUT2D eigenvalue weighted by Gasteiger charge is 2.07. The van der Waals surface area contributed by atoms with Crippen LogP contribution in [0.2, 0.25) is 0 Å². The molecule has 0 aliphatic heterocycles. The Labute approximate surface area is 123 Å². The summed E-state index contributed by atoms with van der Waals surface area (Å²) in [7, 11) is 0. The molecular weight excluding hydrogens is 273 g/mol. The van der Waals surface area contributed by atoms with Gasteiger partial charge in [-0.25, -0.2) is 4.39 Å². The minimum Gasteiger partial charge on any atom is -0.494 e. The van der Waals surface area contributed by atoms with E-state index in [1.54, 1.807) is 23.9 Å². The van der Waals surface area contributed by atoms with Gasteiger partial charge in [0.05, 0.1) is 6.61 Å². The Kier molecular flexibility index (Phi) is 5.44. The number of rotatable bonds is 6. The summed E-state index contributed by atoms with van der Waals surface area (Å²) in [5.41, 5.74) is 7.23. The predicted molar refractivity (Wildman–Crippen MR) is 81.7 cm³/mol. The first kappa shape index (κ1) is 14.9. The highest BCUT2D eigenvalue weighted by atomic mass is 32.2. The Balaban J connectivity index is 1.90. The van der Waals surface area contributed by atoms with Crippen LogP contribution in [0.25, 0.3) is 0 Å². The van der Waals surface area contributed by atoms with Crippen LogP contribution < -0.4 is 10.5 Å². The van der Waals surface area contributed by atoms with E-state index in [2.05, 4.69) is 0 Å². The van der Waals surface area contributed by atoms with Gasteiger partial charge in [-0.1, -0.05) is 12.1 Å². The molecule has 0 aliphatic carbocycles. The monoisotopic (exact) mass is 291 g/mol. The molecule has 1 atom stereocenters. The Morgan fingerprint density at radius 3 is 2.35 bits per heavy atom. The molecule has 2 nitrogen and oxygen atoms in total. The van der Waals surface area contributed by atoms with Crippen LogP contribution in [0.5, 0.6) is 5.75 Å². The van der Waals surface area contributed by atoms with Crippen molar-refractivity contribution in [1.82, 2.24) is 0 Å². The van der Waals surface area contributed by atoms with Crippen LogP contribution in [0.4, 0.5) is 4.39 Å².